The van der Waals surface area contributed by atoms with Crippen molar-refractivity contribution in [2.24, 2.45) is 11.8 Å². The maximum Gasteiger partial charge on any atom is 0.309 e. The molecule has 1 saturated heterocycles. The Hall–Kier alpha value is -0.570. The van der Waals surface area contributed by atoms with E-state index < -0.39 is 0 Å². The monoisotopic (exact) mass is 239 g/mol. The molecular weight excluding hydrogens is 214 g/mol. The summed E-state index contributed by atoms with van der Waals surface area (Å²) in [7, 11) is 0. The minimum Gasteiger partial charge on any atom is -0.466 e. The molecule has 2 rings (SSSR count). The average molecular weight is 239 g/mol. The summed E-state index contributed by atoms with van der Waals surface area (Å²) in [6.45, 7) is 6.43. The van der Waals surface area contributed by atoms with Crippen LogP contribution in [0.3, 0.4) is 0 Å². The number of carbonyl (C=O) groups is 1. The van der Waals surface area contributed by atoms with Crippen molar-refractivity contribution in [3.63, 3.8) is 0 Å². The van der Waals surface area contributed by atoms with Crippen LogP contribution >= 0.6 is 0 Å². The molecule has 2 fully saturated rings. The summed E-state index contributed by atoms with van der Waals surface area (Å²) in [6.07, 6.45) is 6.81. The molecule has 0 aromatic carbocycles. The first kappa shape index (κ1) is 12.9. The zero-order chi connectivity index (χ0) is 12.3. The van der Waals surface area contributed by atoms with E-state index in [-0.39, 0.29) is 11.9 Å². The molecule has 3 unspecified atom stereocenters. The van der Waals surface area contributed by atoms with E-state index in [1.165, 1.54) is 38.6 Å². The van der Waals surface area contributed by atoms with Gasteiger partial charge in [0.05, 0.1) is 12.5 Å². The van der Waals surface area contributed by atoms with Crippen LogP contribution in [-0.4, -0.2) is 36.6 Å². The molecule has 1 heterocycles. The predicted molar refractivity (Wildman–Crippen MR) is 67.7 cm³/mol. The Kier molecular flexibility index (Phi) is 4.43. The summed E-state index contributed by atoms with van der Waals surface area (Å²) < 4.78 is 5.09. The Morgan fingerprint density at radius 2 is 2.12 bits per heavy atom. The van der Waals surface area contributed by atoms with Gasteiger partial charge in [-0.15, -0.1) is 0 Å². The number of rotatable bonds is 4. The summed E-state index contributed by atoms with van der Waals surface area (Å²) >= 11 is 0. The van der Waals surface area contributed by atoms with Gasteiger partial charge in [-0.05, 0) is 45.1 Å². The molecule has 1 aliphatic heterocycles. The van der Waals surface area contributed by atoms with Crippen molar-refractivity contribution < 1.29 is 9.53 Å². The number of ether oxygens (including phenoxy) is 1. The largest absolute Gasteiger partial charge is 0.466 e. The van der Waals surface area contributed by atoms with Crippen LogP contribution in [0.5, 0.6) is 0 Å². The topological polar surface area (TPSA) is 29.5 Å². The highest BCUT2D eigenvalue weighted by molar-refractivity contribution is 5.72. The Morgan fingerprint density at radius 1 is 1.35 bits per heavy atom. The Morgan fingerprint density at radius 3 is 2.88 bits per heavy atom. The van der Waals surface area contributed by atoms with Gasteiger partial charge < -0.3 is 4.74 Å². The smallest absolute Gasteiger partial charge is 0.309 e. The molecule has 17 heavy (non-hydrogen) atoms. The molecule has 3 heteroatoms. The lowest BCUT2D eigenvalue weighted by Gasteiger charge is -2.38. The fourth-order valence-electron chi connectivity index (χ4n) is 3.49. The van der Waals surface area contributed by atoms with Crippen molar-refractivity contribution in [1.29, 1.82) is 0 Å². The van der Waals surface area contributed by atoms with E-state index in [9.17, 15) is 4.79 Å². The third kappa shape index (κ3) is 3.01. The molecule has 0 aromatic heterocycles. The van der Waals surface area contributed by atoms with E-state index in [1.54, 1.807) is 0 Å². The van der Waals surface area contributed by atoms with Crippen LogP contribution in [0.1, 0.15) is 46.0 Å². The summed E-state index contributed by atoms with van der Waals surface area (Å²) in [5.41, 5.74) is 0. The molecule has 3 atom stereocenters. The van der Waals surface area contributed by atoms with Crippen LogP contribution in [0, 0.1) is 11.8 Å². The molecule has 2 aliphatic rings. The Balaban J connectivity index is 1.86. The standard InChI is InChI=1S/C14H25NO2/c1-3-17-14(16)11(2)10-15-9-5-7-12-6-4-8-13(12)15/h11-13H,3-10H2,1-2H3. The van der Waals surface area contributed by atoms with Gasteiger partial charge in [0.2, 0.25) is 0 Å². The molecule has 0 N–H and O–H groups in total. The molecule has 1 saturated carbocycles. The van der Waals surface area contributed by atoms with Gasteiger partial charge >= 0.3 is 5.97 Å². The first-order chi connectivity index (χ1) is 8.22. The lowest BCUT2D eigenvalue weighted by molar-refractivity contribution is -0.148. The van der Waals surface area contributed by atoms with Crippen LogP contribution in [0.4, 0.5) is 0 Å². The molecule has 98 valence electrons. The van der Waals surface area contributed by atoms with E-state index in [0.717, 1.165) is 18.5 Å². The second kappa shape index (κ2) is 5.85. The number of esters is 1. The molecule has 0 amide bonds. The molecular formula is C14H25NO2. The average Bonchev–Trinajstić information content (AvgIpc) is 2.78. The summed E-state index contributed by atoms with van der Waals surface area (Å²) in [5.74, 6) is 0.889. The third-order valence-corrected chi connectivity index (χ3v) is 4.31. The molecule has 0 spiro atoms. The van der Waals surface area contributed by atoms with E-state index in [0.29, 0.717) is 6.61 Å². The van der Waals surface area contributed by atoms with E-state index >= 15 is 0 Å². The fraction of sp³-hybridized carbons (Fsp3) is 0.929. The van der Waals surface area contributed by atoms with E-state index in [1.807, 2.05) is 13.8 Å². The highest BCUT2D eigenvalue weighted by atomic mass is 16.5. The molecule has 3 nitrogen and oxygen atoms in total. The van der Waals surface area contributed by atoms with Crippen molar-refractivity contribution >= 4 is 5.97 Å². The lowest BCUT2D eigenvalue weighted by Crippen LogP contribution is -2.45. The van der Waals surface area contributed by atoms with Gasteiger partial charge in [-0.3, -0.25) is 9.69 Å². The first-order valence-corrected chi connectivity index (χ1v) is 7.13. The second-order valence-electron chi connectivity index (χ2n) is 5.55. The molecule has 1 aliphatic carbocycles. The Bertz CT molecular complexity index is 267. The summed E-state index contributed by atoms with van der Waals surface area (Å²) in [5, 5.41) is 0. The number of carbonyl (C=O) groups excluding carboxylic acids is 1. The van der Waals surface area contributed by atoms with Crippen molar-refractivity contribution in [1.82, 2.24) is 4.90 Å². The molecule has 0 bridgehead atoms. The van der Waals surface area contributed by atoms with Gasteiger partial charge in [-0.25, -0.2) is 0 Å². The normalized spacial score (nSPS) is 30.9. The van der Waals surface area contributed by atoms with Crippen molar-refractivity contribution in [3.8, 4) is 0 Å². The SMILES string of the molecule is CCOC(=O)C(C)CN1CCCC2CCCC21. The zero-order valence-electron chi connectivity index (χ0n) is 11.2. The number of piperidine rings is 1. The van der Waals surface area contributed by atoms with Gasteiger partial charge in [0.15, 0.2) is 0 Å². The minimum absolute atomic E-state index is 0.0225. The highest BCUT2D eigenvalue weighted by Gasteiger charge is 2.35. The van der Waals surface area contributed by atoms with Crippen LogP contribution in [-0.2, 0) is 9.53 Å². The van der Waals surface area contributed by atoms with Gasteiger partial charge in [0, 0.05) is 12.6 Å². The van der Waals surface area contributed by atoms with Crippen LogP contribution < -0.4 is 0 Å². The molecule has 0 radical (unpaired) electrons. The maximum absolute atomic E-state index is 11.7. The van der Waals surface area contributed by atoms with Crippen LogP contribution in [0.2, 0.25) is 0 Å². The van der Waals surface area contributed by atoms with Crippen molar-refractivity contribution in [2.45, 2.75) is 52.0 Å². The number of hydrogen-bond donors (Lipinski definition) is 0. The number of hydrogen-bond acceptors (Lipinski definition) is 3. The predicted octanol–water partition coefficient (Wildman–Crippen LogP) is 2.45. The van der Waals surface area contributed by atoms with Crippen LogP contribution in [0.25, 0.3) is 0 Å². The Labute approximate surface area is 105 Å². The second-order valence-corrected chi connectivity index (χ2v) is 5.55. The zero-order valence-corrected chi connectivity index (χ0v) is 11.2. The van der Waals surface area contributed by atoms with E-state index in [4.69, 9.17) is 4.74 Å². The number of fused-ring (bicyclic) bond motifs is 1. The minimum atomic E-state index is -0.0346. The number of nitrogens with zero attached hydrogens (tertiary/aromatic N) is 1. The van der Waals surface area contributed by atoms with Crippen molar-refractivity contribution in [2.75, 3.05) is 19.7 Å². The highest BCUT2D eigenvalue weighted by Crippen LogP contribution is 2.36. The quantitative estimate of drug-likeness (QED) is 0.706. The molecule has 0 aromatic rings. The lowest BCUT2D eigenvalue weighted by atomic mass is 9.91. The van der Waals surface area contributed by atoms with Gasteiger partial charge in [-0.1, -0.05) is 13.3 Å². The van der Waals surface area contributed by atoms with Gasteiger partial charge in [0.25, 0.3) is 0 Å². The maximum atomic E-state index is 11.7. The van der Waals surface area contributed by atoms with E-state index in [2.05, 4.69) is 4.90 Å². The fourth-order valence-corrected chi connectivity index (χ4v) is 3.49. The first-order valence-electron chi connectivity index (χ1n) is 7.13. The van der Waals surface area contributed by atoms with Crippen molar-refractivity contribution in [3.05, 3.63) is 0 Å². The third-order valence-electron chi connectivity index (χ3n) is 4.31. The number of likely N-dealkylation sites (tertiary alicyclic amines) is 1. The van der Waals surface area contributed by atoms with Crippen LogP contribution in [0.15, 0.2) is 0 Å². The van der Waals surface area contributed by atoms with Gasteiger partial charge in [0.1, 0.15) is 0 Å². The summed E-state index contributed by atoms with van der Waals surface area (Å²) in [4.78, 5) is 14.2. The summed E-state index contributed by atoms with van der Waals surface area (Å²) in [6, 6.07) is 0.751. The van der Waals surface area contributed by atoms with Gasteiger partial charge in [-0.2, -0.15) is 0 Å².